The third-order valence-electron chi connectivity index (χ3n) is 6.47. The zero-order chi connectivity index (χ0) is 21.6. The summed E-state index contributed by atoms with van der Waals surface area (Å²) in [6.07, 6.45) is 4.38. The molecule has 2 aliphatic rings. The van der Waals surface area contributed by atoms with Gasteiger partial charge >= 0.3 is 12.0 Å². The second kappa shape index (κ2) is 9.99. The topological polar surface area (TPSA) is 49.9 Å². The van der Waals surface area contributed by atoms with Crippen molar-refractivity contribution >= 4 is 12.0 Å². The summed E-state index contributed by atoms with van der Waals surface area (Å²) < 4.78 is 5.53. The number of para-hydroxylation sites is 1. The SMILES string of the molecule is CCc1ccc(C2CC(CC(=O)Oc3ccccc3)CN(C(=O)N3CCCC3)C2)cc1. The molecule has 0 N–H and O–H groups in total. The van der Waals surface area contributed by atoms with Crippen molar-refractivity contribution in [3.05, 3.63) is 65.7 Å². The van der Waals surface area contributed by atoms with Crippen LogP contribution in [0.1, 0.15) is 49.7 Å². The smallest absolute Gasteiger partial charge is 0.320 e. The number of aryl methyl sites for hydroxylation is 1. The number of hydrogen-bond donors (Lipinski definition) is 0. The molecule has 164 valence electrons. The van der Waals surface area contributed by atoms with Crippen LogP contribution < -0.4 is 4.74 Å². The molecule has 0 aliphatic carbocycles. The summed E-state index contributed by atoms with van der Waals surface area (Å²) in [5.74, 6) is 0.667. The highest BCUT2D eigenvalue weighted by Crippen LogP contribution is 2.33. The Balaban J connectivity index is 1.47. The van der Waals surface area contributed by atoms with Gasteiger partial charge in [-0.1, -0.05) is 49.4 Å². The fourth-order valence-corrected chi connectivity index (χ4v) is 4.78. The summed E-state index contributed by atoms with van der Waals surface area (Å²) in [5.41, 5.74) is 2.56. The lowest BCUT2D eigenvalue weighted by atomic mass is 9.83. The molecule has 0 spiro atoms. The van der Waals surface area contributed by atoms with Crippen molar-refractivity contribution in [1.29, 1.82) is 0 Å². The largest absolute Gasteiger partial charge is 0.427 e. The quantitative estimate of drug-likeness (QED) is 0.512. The number of hydrogen-bond acceptors (Lipinski definition) is 3. The normalized spacial score (nSPS) is 21.2. The number of carbonyl (C=O) groups excluding carboxylic acids is 2. The van der Waals surface area contributed by atoms with Gasteiger partial charge in [0.1, 0.15) is 5.75 Å². The van der Waals surface area contributed by atoms with Crippen LogP contribution in [0.3, 0.4) is 0 Å². The van der Waals surface area contributed by atoms with Crippen molar-refractivity contribution in [2.45, 2.75) is 44.9 Å². The van der Waals surface area contributed by atoms with Gasteiger partial charge in [-0.15, -0.1) is 0 Å². The molecule has 0 aromatic heterocycles. The van der Waals surface area contributed by atoms with Gasteiger partial charge < -0.3 is 14.5 Å². The van der Waals surface area contributed by atoms with Crippen LogP contribution in [0.5, 0.6) is 5.75 Å². The number of amides is 2. The number of carbonyl (C=O) groups is 2. The van der Waals surface area contributed by atoms with Crippen molar-refractivity contribution in [2.75, 3.05) is 26.2 Å². The fourth-order valence-electron chi connectivity index (χ4n) is 4.78. The molecule has 0 bridgehead atoms. The third kappa shape index (κ3) is 5.46. The molecular formula is C26H32N2O3. The second-order valence-electron chi connectivity index (χ2n) is 8.77. The van der Waals surface area contributed by atoms with Gasteiger partial charge in [-0.25, -0.2) is 4.79 Å². The van der Waals surface area contributed by atoms with Crippen molar-refractivity contribution in [2.24, 2.45) is 5.92 Å². The minimum Gasteiger partial charge on any atom is -0.427 e. The molecule has 2 aromatic rings. The predicted molar refractivity (Wildman–Crippen MR) is 121 cm³/mol. The summed E-state index contributed by atoms with van der Waals surface area (Å²) in [5, 5.41) is 0. The van der Waals surface area contributed by atoms with E-state index < -0.39 is 0 Å². The Morgan fingerprint density at radius 3 is 2.32 bits per heavy atom. The Hall–Kier alpha value is -2.82. The van der Waals surface area contributed by atoms with Crippen molar-refractivity contribution < 1.29 is 14.3 Å². The van der Waals surface area contributed by atoms with Crippen LogP contribution in [-0.2, 0) is 11.2 Å². The number of urea groups is 1. The molecule has 2 fully saturated rings. The lowest BCUT2D eigenvalue weighted by molar-refractivity contribution is -0.135. The number of nitrogens with zero attached hydrogens (tertiary/aromatic N) is 2. The predicted octanol–water partition coefficient (Wildman–Crippen LogP) is 4.87. The number of ether oxygens (including phenoxy) is 1. The molecule has 2 aromatic carbocycles. The average molecular weight is 421 g/mol. The van der Waals surface area contributed by atoms with Crippen LogP contribution in [0.2, 0.25) is 0 Å². The van der Waals surface area contributed by atoms with E-state index in [0.717, 1.165) is 38.8 Å². The van der Waals surface area contributed by atoms with E-state index >= 15 is 0 Å². The maximum atomic E-state index is 13.1. The summed E-state index contributed by atoms with van der Waals surface area (Å²) in [6.45, 7) is 5.16. The van der Waals surface area contributed by atoms with Gasteiger partial charge in [-0.05, 0) is 54.9 Å². The standard InChI is InChI=1S/C26H32N2O3/c1-2-20-10-12-22(13-11-20)23-16-21(17-25(29)31-24-8-4-3-5-9-24)18-28(19-23)26(30)27-14-6-7-15-27/h3-5,8-13,21,23H,2,6-7,14-19H2,1H3. The number of piperidine rings is 1. The van der Waals surface area contributed by atoms with Crippen molar-refractivity contribution in [3.8, 4) is 5.75 Å². The number of likely N-dealkylation sites (tertiary alicyclic amines) is 2. The van der Waals surface area contributed by atoms with Gasteiger partial charge in [-0.3, -0.25) is 4.79 Å². The first kappa shape index (κ1) is 21.4. The summed E-state index contributed by atoms with van der Waals surface area (Å²) in [7, 11) is 0. The van der Waals surface area contributed by atoms with Gasteiger partial charge in [0, 0.05) is 32.1 Å². The van der Waals surface area contributed by atoms with Crippen LogP contribution in [0.25, 0.3) is 0 Å². The van der Waals surface area contributed by atoms with Gasteiger partial charge in [0.25, 0.3) is 0 Å². The monoisotopic (exact) mass is 420 g/mol. The first-order valence-corrected chi connectivity index (χ1v) is 11.5. The average Bonchev–Trinajstić information content (AvgIpc) is 3.34. The zero-order valence-corrected chi connectivity index (χ0v) is 18.3. The van der Waals surface area contributed by atoms with Crippen LogP contribution in [-0.4, -0.2) is 48.0 Å². The van der Waals surface area contributed by atoms with Crippen molar-refractivity contribution in [3.63, 3.8) is 0 Å². The number of benzene rings is 2. The Bertz CT molecular complexity index is 875. The number of rotatable bonds is 5. The molecule has 31 heavy (non-hydrogen) atoms. The minimum atomic E-state index is -0.230. The molecule has 2 amide bonds. The van der Waals surface area contributed by atoms with E-state index in [1.54, 1.807) is 12.1 Å². The van der Waals surface area contributed by atoms with E-state index in [9.17, 15) is 9.59 Å². The molecule has 2 heterocycles. The van der Waals surface area contributed by atoms with Crippen LogP contribution in [0, 0.1) is 5.92 Å². The highest BCUT2D eigenvalue weighted by molar-refractivity contribution is 5.76. The summed E-state index contributed by atoms with van der Waals surface area (Å²) in [6, 6.07) is 18.0. The lowest BCUT2D eigenvalue weighted by Crippen LogP contribution is -2.49. The van der Waals surface area contributed by atoms with E-state index in [0.29, 0.717) is 25.3 Å². The summed E-state index contributed by atoms with van der Waals surface area (Å²) >= 11 is 0. The van der Waals surface area contributed by atoms with Gasteiger partial charge in [0.2, 0.25) is 0 Å². The Morgan fingerprint density at radius 1 is 0.935 bits per heavy atom. The minimum absolute atomic E-state index is 0.0902. The molecule has 2 aliphatic heterocycles. The summed E-state index contributed by atoms with van der Waals surface area (Å²) in [4.78, 5) is 29.7. The fraction of sp³-hybridized carbons (Fsp3) is 0.462. The van der Waals surface area contributed by atoms with Gasteiger partial charge in [0.05, 0.1) is 6.42 Å². The third-order valence-corrected chi connectivity index (χ3v) is 6.47. The maximum Gasteiger partial charge on any atom is 0.320 e. The highest BCUT2D eigenvalue weighted by atomic mass is 16.5. The first-order chi connectivity index (χ1) is 15.1. The Labute approximate surface area is 185 Å². The number of esters is 1. The van der Waals surface area contributed by atoms with E-state index in [1.807, 2.05) is 28.0 Å². The van der Waals surface area contributed by atoms with Gasteiger partial charge in [0.15, 0.2) is 0 Å². The van der Waals surface area contributed by atoms with Crippen molar-refractivity contribution in [1.82, 2.24) is 9.80 Å². The lowest BCUT2D eigenvalue weighted by Gasteiger charge is -2.39. The van der Waals surface area contributed by atoms with E-state index in [-0.39, 0.29) is 23.8 Å². The molecule has 4 rings (SSSR count). The molecule has 5 heteroatoms. The van der Waals surface area contributed by atoms with Crippen LogP contribution >= 0.6 is 0 Å². The maximum absolute atomic E-state index is 13.1. The molecule has 2 atom stereocenters. The Morgan fingerprint density at radius 2 is 1.65 bits per heavy atom. The second-order valence-corrected chi connectivity index (χ2v) is 8.77. The molecule has 2 unspecified atom stereocenters. The molecular weight excluding hydrogens is 388 g/mol. The van der Waals surface area contributed by atoms with Crippen LogP contribution in [0.15, 0.2) is 54.6 Å². The van der Waals surface area contributed by atoms with Gasteiger partial charge in [-0.2, -0.15) is 0 Å². The van der Waals surface area contributed by atoms with E-state index in [1.165, 1.54) is 11.1 Å². The van der Waals surface area contributed by atoms with E-state index in [4.69, 9.17) is 4.74 Å². The molecule has 0 radical (unpaired) electrons. The molecule has 2 saturated heterocycles. The Kier molecular flexibility index (Phi) is 6.90. The first-order valence-electron chi connectivity index (χ1n) is 11.5. The zero-order valence-electron chi connectivity index (χ0n) is 18.3. The highest BCUT2D eigenvalue weighted by Gasteiger charge is 2.34. The van der Waals surface area contributed by atoms with E-state index in [2.05, 4.69) is 31.2 Å². The van der Waals surface area contributed by atoms with Crippen LogP contribution in [0.4, 0.5) is 4.79 Å². The molecule has 0 saturated carbocycles. The molecule has 5 nitrogen and oxygen atoms in total.